The number of halogens is 3. The zero-order chi connectivity index (χ0) is 11.6. The van der Waals surface area contributed by atoms with Crippen molar-refractivity contribution in [2.75, 3.05) is 12.8 Å². The number of alkyl halides is 3. The van der Waals surface area contributed by atoms with E-state index in [1.807, 2.05) is 0 Å². The third-order valence-corrected chi connectivity index (χ3v) is 1.58. The van der Waals surface area contributed by atoms with Crippen LogP contribution in [-0.2, 0) is 22.3 Å². The molecule has 0 fully saturated rings. The number of carbonyl (C=O) groups excluding carboxylic acids is 1. The number of nitrogens with two attached hydrogens (primary N) is 1. The quantitative estimate of drug-likeness (QED) is 0.747. The number of hydrogen-bond acceptors (Lipinski definition) is 4. The molecule has 0 aliphatic rings. The van der Waals surface area contributed by atoms with Gasteiger partial charge in [-0.1, -0.05) is 0 Å². The number of nitrogen functional groups attached to an aromatic ring is 1. The molecule has 84 valence electrons. The van der Waals surface area contributed by atoms with Crippen molar-refractivity contribution in [3.05, 3.63) is 11.9 Å². The first-order valence-electron chi connectivity index (χ1n) is 3.81. The van der Waals surface area contributed by atoms with Gasteiger partial charge in [-0.05, 0) is 0 Å². The van der Waals surface area contributed by atoms with Crippen LogP contribution in [0.2, 0.25) is 0 Å². The van der Waals surface area contributed by atoms with Gasteiger partial charge in [-0.3, -0.25) is 9.48 Å². The summed E-state index contributed by atoms with van der Waals surface area (Å²) in [6.07, 6.45) is -3.69. The fraction of sp³-hybridized carbons (Fsp3) is 0.429. The topological polar surface area (TPSA) is 70.1 Å². The number of hydrogen-bond donors (Lipinski definition) is 1. The lowest BCUT2D eigenvalue weighted by molar-refractivity contribution is -0.144. The molecule has 5 nitrogen and oxygen atoms in total. The van der Waals surface area contributed by atoms with E-state index in [4.69, 9.17) is 5.73 Å². The van der Waals surface area contributed by atoms with Crippen LogP contribution in [0.4, 0.5) is 18.9 Å². The Kier molecular flexibility index (Phi) is 2.87. The summed E-state index contributed by atoms with van der Waals surface area (Å²) in [5, 5.41) is 3.13. The molecule has 0 bridgehead atoms. The molecule has 0 saturated heterocycles. The first kappa shape index (κ1) is 11.3. The average molecular weight is 223 g/mol. The van der Waals surface area contributed by atoms with Gasteiger partial charge >= 0.3 is 12.1 Å². The standard InChI is InChI=1S/C7H8F3N3O2/c1-15-5(14)3-13-2-4(11)6(12-13)7(8,9)10/h2H,3,11H2,1H3. The van der Waals surface area contributed by atoms with Gasteiger partial charge in [0.25, 0.3) is 0 Å². The van der Waals surface area contributed by atoms with Crippen LogP contribution >= 0.6 is 0 Å². The summed E-state index contributed by atoms with van der Waals surface area (Å²) in [5.74, 6) is -0.703. The van der Waals surface area contributed by atoms with E-state index in [9.17, 15) is 18.0 Å². The third-order valence-electron chi connectivity index (χ3n) is 1.58. The molecule has 8 heteroatoms. The minimum Gasteiger partial charge on any atom is -0.468 e. The maximum absolute atomic E-state index is 12.2. The van der Waals surface area contributed by atoms with E-state index in [0.717, 1.165) is 18.0 Å². The Balaban J connectivity index is 2.91. The molecule has 0 spiro atoms. The van der Waals surface area contributed by atoms with Crippen LogP contribution in [0.1, 0.15) is 5.69 Å². The number of methoxy groups -OCH3 is 1. The number of carbonyl (C=O) groups is 1. The van der Waals surface area contributed by atoms with Gasteiger partial charge in [0.15, 0.2) is 5.69 Å². The van der Waals surface area contributed by atoms with Crippen molar-refractivity contribution in [2.45, 2.75) is 12.7 Å². The lowest BCUT2D eigenvalue weighted by atomic mass is 10.4. The second kappa shape index (κ2) is 3.79. The number of ether oxygens (including phenoxy) is 1. The van der Waals surface area contributed by atoms with Crippen molar-refractivity contribution in [1.29, 1.82) is 0 Å². The predicted octanol–water partition coefficient (Wildman–Crippen LogP) is 0.657. The molecule has 0 amide bonds. The van der Waals surface area contributed by atoms with Crippen LogP contribution in [0.3, 0.4) is 0 Å². The highest BCUT2D eigenvalue weighted by atomic mass is 19.4. The maximum atomic E-state index is 12.2. The Morgan fingerprint density at radius 3 is 2.67 bits per heavy atom. The van der Waals surface area contributed by atoms with Gasteiger partial charge in [-0.25, -0.2) is 0 Å². The van der Waals surface area contributed by atoms with Crippen molar-refractivity contribution in [3.63, 3.8) is 0 Å². The summed E-state index contributed by atoms with van der Waals surface area (Å²) >= 11 is 0. The van der Waals surface area contributed by atoms with Crippen molar-refractivity contribution in [3.8, 4) is 0 Å². The molecule has 1 aromatic rings. The average Bonchev–Trinajstić information content (AvgIpc) is 2.45. The number of anilines is 1. The Morgan fingerprint density at radius 2 is 2.27 bits per heavy atom. The van der Waals surface area contributed by atoms with Gasteiger partial charge in [0.05, 0.1) is 12.8 Å². The summed E-state index contributed by atoms with van der Waals surface area (Å²) in [5.41, 5.74) is 3.36. The fourth-order valence-electron chi connectivity index (χ4n) is 0.935. The molecule has 1 heterocycles. The highest BCUT2D eigenvalue weighted by Gasteiger charge is 2.36. The lowest BCUT2D eigenvalue weighted by Gasteiger charge is -2.02. The molecular formula is C7H8F3N3O2. The highest BCUT2D eigenvalue weighted by molar-refractivity contribution is 5.69. The summed E-state index contributed by atoms with van der Waals surface area (Å²) in [6, 6.07) is 0. The molecule has 0 unspecified atom stereocenters. The lowest BCUT2D eigenvalue weighted by Crippen LogP contribution is -2.14. The predicted molar refractivity (Wildman–Crippen MR) is 43.7 cm³/mol. The maximum Gasteiger partial charge on any atom is 0.437 e. The van der Waals surface area contributed by atoms with Crippen LogP contribution in [0.5, 0.6) is 0 Å². The molecule has 0 aliphatic carbocycles. The van der Waals surface area contributed by atoms with Crippen LogP contribution < -0.4 is 5.73 Å². The molecular weight excluding hydrogens is 215 g/mol. The fourth-order valence-corrected chi connectivity index (χ4v) is 0.935. The van der Waals surface area contributed by atoms with Crippen molar-refractivity contribution >= 4 is 11.7 Å². The largest absolute Gasteiger partial charge is 0.468 e. The molecule has 0 aliphatic heterocycles. The SMILES string of the molecule is COC(=O)Cn1cc(N)c(C(F)(F)F)n1. The molecule has 0 aromatic carbocycles. The van der Waals surface area contributed by atoms with Gasteiger partial charge in [-0.2, -0.15) is 18.3 Å². The summed E-state index contributed by atoms with van der Waals surface area (Å²) in [6.45, 7) is -0.406. The van der Waals surface area contributed by atoms with Gasteiger partial charge in [0, 0.05) is 6.20 Å². The van der Waals surface area contributed by atoms with Crippen molar-refractivity contribution in [1.82, 2.24) is 9.78 Å². The molecule has 0 saturated carbocycles. The molecule has 0 atom stereocenters. The smallest absolute Gasteiger partial charge is 0.437 e. The van der Waals surface area contributed by atoms with Crippen molar-refractivity contribution in [2.24, 2.45) is 0 Å². The zero-order valence-electron chi connectivity index (χ0n) is 7.71. The Hall–Kier alpha value is -1.73. The van der Waals surface area contributed by atoms with E-state index in [1.165, 1.54) is 0 Å². The molecule has 1 aromatic heterocycles. The van der Waals surface area contributed by atoms with Crippen LogP contribution in [-0.4, -0.2) is 22.9 Å². The van der Waals surface area contributed by atoms with Gasteiger partial charge < -0.3 is 10.5 Å². The molecule has 2 N–H and O–H groups in total. The van der Waals surface area contributed by atoms with Gasteiger partial charge in [0.2, 0.25) is 0 Å². The summed E-state index contributed by atoms with van der Waals surface area (Å²) in [4.78, 5) is 10.7. The number of esters is 1. The van der Waals surface area contributed by atoms with E-state index in [0.29, 0.717) is 0 Å². The summed E-state index contributed by atoms with van der Waals surface area (Å²) in [7, 11) is 1.12. The Morgan fingerprint density at radius 1 is 1.67 bits per heavy atom. The van der Waals surface area contributed by atoms with Gasteiger partial charge in [0.1, 0.15) is 6.54 Å². The van der Waals surface area contributed by atoms with Crippen molar-refractivity contribution < 1.29 is 22.7 Å². The normalized spacial score (nSPS) is 11.5. The van der Waals surface area contributed by atoms with E-state index < -0.39 is 30.1 Å². The molecule has 0 radical (unpaired) electrons. The highest BCUT2D eigenvalue weighted by Crippen LogP contribution is 2.31. The first-order valence-corrected chi connectivity index (χ1v) is 3.81. The minimum absolute atomic E-state index is 0.406. The second-order valence-electron chi connectivity index (χ2n) is 2.70. The third kappa shape index (κ3) is 2.61. The van der Waals surface area contributed by atoms with E-state index >= 15 is 0 Å². The zero-order valence-corrected chi connectivity index (χ0v) is 7.71. The minimum atomic E-state index is -4.62. The number of nitrogens with zero attached hydrogens (tertiary/aromatic N) is 2. The number of aromatic nitrogens is 2. The molecule has 15 heavy (non-hydrogen) atoms. The van der Waals surface area contributed by atoms with E-state index in [2.05, 4.69) is 9.84 Å². The van der Waals surface area contributed by atoms with E-state index in [-0.39, 0.29) is 0 Å². The van der Waals surface area contributed by atoms with Crippen LogP contribution in [0.15, 0.2) is 6.20 Å². The Labute approximate surface area is 82.6 Å². The second-order valence-corrected chi connectivity index (χ2v) is 2.70. The molecule has 1 rings (SSSR count). The van der Waals surface area contributed by atoms with E-state index in [1.54, 1.807) is 0 Å². The van der Waals surface area contributed by atoms with Crippen LogP contribution in [0.25, 0.3) is 0 Å². The Bertz CT molecular complexity index is 372. The van der Waals surface area contributed by atoms with Crippen LogP contribution in [0, 0.1) is 0 Å². The summed E-state index contributed by atoms with van der Waals surface area (Å²) < 4.78 is 41.7. The number of rotatable bonds is 2. The monoisotopic (exact) mass is 223 g/mol. The van der Waals surface area contributed by atoms with Gasteiger partial charge in [-0.15, -0.1) is 0 Å². The first-order chi connectivity index (χ1) is 6.84.